The van der Waals surface area contributed by atoms with Crippen molar-refractivity contribution in [1.82, 2.24) is 14.5 Å². The van der Waals surface area contributed by atoms with Gasteiger partial charge in [-0.3, -0.25) is 0 Å². The molecule has 1 unspecified atom stereocenters. The molecule has 0 spiro atoms. The Morgan fingerprint density at radius 1 is 0.978 bits per heavy atom. The largest absolute Gasteiger partial charge is 0.478 e. The lowest BCUT2D eigenvalue weighted by molar-refractivity contribution is 0.0697. The molecule has 0 bridgehead atoms. The summed E-state index contributed by atoms with van der Waals surface area (Å²) in [7, 11) is 0. The van der Waals surface area contributed by atoms with Gasteiger partial charge in [0.2, 0.25) is 5.88 Å². The first kappa shape index (κ1) is 30.3. The van der Waals surface area contributed by atoms with Crippen molar-refractivity contribution < 1.29 is 36.9 Å². The summed E-state index contributed by atoms with van der Waals surface area (Å²) < 4.78 is 72.5. The minimum atomic E-state index is -1.09. The molecule has 7 nitrogen and oxygen atoms in total. The predicted molar refractivity (Wildman–Crippen MR) is 158 cm³/mol. The van der Waals surface area contributed by atoms with Crippen molar-refractivity contribution in [3.05, 3.63) is 112 Å². The summed E-state index contributed by atoms with van der Waals surface area (Å²) >= 11 is 0. The lowest BCUT2D eigenvalue weighted by Gasteiger charge is -2.28. The number of aromatic carboxylic acids is 1. The molecule has 1 aliphatic rings. The van der Waals surface area contributed by atoms with Gasteiger partial charge in [-0.15, -0.1) is 0 Å². The summed E-state index contributed by atoms with van der Waals surface area (Å²) in [5.41, 5.74) is 1.04. The van der Waals surface area contributed by atoms with Gasteiger partial charge in [0, 0.05) is 29.0 Å². The lowest BCUT2D eigenvalue weighted by atomic mass is 9.87. The first-order chi connectivity index (χ1) is 21.4. The maximum absolute atomic E-state index is 15.6. The Kier molecular flexibility index (Phi) is 7.82. The Morgan fingerprint density at radius 3 is 2.47 bits per heavy atom. The fraction of sp³-hybridized carbons (Fsp3) is 0.265. The number of rotatable bonds is 8. The fourth-order valence-corrected chi connectivity index (χ4v) is 5.61. The second-order valence-electron chi connectivity index (χ2n) is 11.9. The van der Waals surface area contributed by atoms with Crippen LogP contribution < -0.4 is 4.74 Å². The number of fused-ring (bicyclic) bond motifs is 1. The van der Waals surface area contributed by atoms with Gasteiger partial charge in [0.1, 0.15) is 35.7 Å². The van der Waals surface area contributed by atoms with Crippen LogP contribution in [0.25, 0.3) is 22.3 Å². The molecule has 3 aromatic carbocycles. The van der Waals surface area contributed by atoms with Crippen LogP contribution in [-0.4, -0.2) is 38.8 Å². The van der Waals surface area contributed by atoms with E-state index < -0.39 is 29.2 Å². The Bertz CT molecular complexity index is 1960. The number of hydrogen-bond acceptors (Lipinski definition) is 5. The number of halogens is 4. The maximum atomic E-state index is 15.6. The topological polar surface area (TPSA) is 86.5 Å². The number of aromatic nitrogens is 3. The summed E-state index contributed by atoms with van der Waals surface area (Å²) in [6, 6.07) is 13.1. The quantitative estimate of drug-likeness (QED) is 0.182. The summed E-state index contributed by atoms with van der Waals surface area (Å²) in [6.45, 7) is 6.01. The number of carbonyl (C=O) groups is 1. The molecule has 11 heteroatoms. The minimum absolute atomic E-state index is 0.00959. The molecule has 1 N–H and O–H groups in total. The first-order valence-electron chi connectivity index (χ1n) is 14.3. The van der Waals surface area contributed by atoms with Gasteiger partial charge < -0.3 is 19.1 Å². The number of pyridine rings is 1. The molecule has 1 aliphatic heterocycles. The van der Waals surface area contributed by atoms with Crippen LogP contribution in [0.4, 0.5) is 17.6 Å². The van der Waals surface area contributed by atoms with Crippen molar-refractivity contribution in [3.8, 4) is 17.1 Å². The number of aryl methyl sites for hydroxylation is 1. The lowest BCUT2D eigenvalue weighted by Crippen LogP contribution is -2.27. The number of nitrogens with zero attached hydrogens (tertiary/aromatic N) is 3. The van der Waals surface area contributed by atoms with E-state index in [2.05, 4.69) is 9.97 Å². The van der Waals surface area contributed by atoms with E-state index in [1.165, 1.54) is 37.3 Å². The summed E-state index contributed by atoms with van der Waals surface area (Å²) in [5, 5.41) is 9.57. The van der Waals surface area contributed by atoms with Gasteiger partial charge in [0.15, 0.2) is 0 Å². The van der Waals surface area contributed by atoms with Crippen LogP contribution in [0.5, 0.6) is 5.88 Å². The molecule has 3 heterocycles. The monoisotopic (exact) mass is 619 g/mol. The SMILES string of the molecule is Cc1cc(F)c(COc2cccc(-c3cc(F)c(Cc4nc5ccc(C(=O)O)cc5n4C4COCC4(C)C)cc3F)n2)cc1F. The molecule has 2 aromatic heterocycles. The Morgan fingerprint density at radius 2 is 1.73 bits per heavy atom. The number of carboxylic acids is 1. The third-order valence-corrected chi connectivity index (χ3v) is 8.16. The van der Waals surface area contributed by atoms with E-state index >= 15 is 8.78 Å². The minimum Gasteiger partial charge on any atom is -0.478 e. The molecule has 1 fully saturated rings. The van der Waals surface area contributed by atoms with Crippen LogP contribution >= 0.6 is 0 Å². The molecule has 0 amide bonds. The van der Waals surface area contributed by atoms with Gasteiger partial charge in [0.25, 0.3) is 0 Å². The average molecular weight is 620 g/mol. The molecule has 0 saturated carbocycles. The summed E-state index contributed by atoms with van der Waals surface area (Å²) in [4.78, 5) is 20.6. The highest BCUT2D eigenvalue weighted by Gasteiger charge is 2.39. The van der Waals surface area contributed by atoms with Crippen molar-refractivity contribution in [2.45, 2.75) is 39.8 Å². The number of ether oxygens (including phenoxy) is 2. The van der Waals surface area contributed by atoms with E-state index in [4.69, 9.17) is 9.47 Å². The second-order valence-corrected chi connectivity index (χ2v) is 11.9. The molecule has 1 saturated heterocycles. The maximum Gasteiger partial charge on any atom is 0.335 e. The standard InChI is InChI=1S/C34H29F4N3O4/c1-18-9-24(36)21(11-23(18)35)15-45-32-6-4-5-27(40-32)22-14-25(37)20(10-26(22)38)13-31-39-28-8-7-19(33(42)43)12-29(28)41(31)30-16-44-17-34(30,2)3/h4-12,14,30H,13,15-17H2,1-3H3,(H,42,43). The molecular weight excluding hydrogens is 590 g/mol. The molecule has 232 valence electrons. The van der Waals surface area contributed by atoms with E-state index in [1.54, 1.807) is 6.07 Å². The summed E-state index contributed by atoms with van der Waals surface area (Å²) in [6.07, 6.45) is -0.0675. The highest BCUT2D eigenvalue weighted by atomic mass is 19.1. The van der Waals surface area contributed by atoms with Gasteiger partial charge in [-0.1, -0.05) is 19.9 Å². The van der Waals surface area contributed by atoms with Gasteiger partial charge in [-0.05, 0) is 66.6 Å². The fourth-order valence-electron chi connectivity index (χ4n) is 5.61. The Hall–Kier alpha value is -4.77. The van der Waals surface area contributed by atoms with Gasteiger partial charge in [0.05, 0.1) is 41.5 Å². The molecule has 1 atom stereocenters. The van der Waals surface area contributed by atoms with Crippen molar-refractivity contribution in [1.29, 1.82) is 0 Å². The third-order valence-electron chi connectivity index (χ3n) is 8.16. The van der Waals surface area contributed by atoms with Crippen LogP contribution in [0.2, 0.25) is 0 Å². The third kappa shape index (κ3) is 5.87. The molecule has 0 aliphatic carbocycles. The van der Waals surface area contributed by atoms with Crippen LogP contribution in [0.1, 0.15) is 52.8 Å². The highest BCUT2D eigenvalue weighted by Crippen LogP contribution is 2.40. The van der Waals surface area contributed by atoms with Crippen LogP contribution in [0, 0.1) is 35.6 Å². The van der Waals surface area contributed by atoms with Gasteiger partial charge >= 0.3 is 5.97 Å². The van der Waals surface area contributed by atoms with Crippen LogP contribution in [-0.2, 0) is 17.8 Å². The molecule has 6 rings (SSSR count). The Balaban J connectivity index is 1.31. The van der Waals surface area contributed by atoms with E-state index in [0.29, 0.717) is 30.1 Å². The average Bonchev–Trinajstić information content (AvgIpc) is 3.53. The van der Waals surface area contributed by atoms with E-state index in [-0.39, 0.29) is 63.9 Å². The van der Waals surface area contributed by atoms with Crippen molar-refractivity contribution >= 4 is 17.0 Å². The predicted octanol–water partition coefficient (Wildman–Crippen LogP) is 7.43. The molecule has 0 radical (unpaired) electrons. The molecule has 45 heavy (non-hydrogen) atoms. The van der Waals surface area contributed by atoms with Crippen molar-refractivity contribution in [3.63, 3.8) is 0 Å². The van der Waals surface area contributed by atoms with Crippen molar-refractivity contribution in [2.75, 3.05) is 13.2 Å². The first-order valence-corrected chi connectivity index (χ1v) is 14.3. The molecule has 5 aromatic rings. The zero-order valence-corrected chi connectivity index (χ0v) is 24.7. The number of imidazole rings is 1. The van der Waals surface area contributed by atoms with E-state index in [0.717, 1.165) is 24.3 Å². The smallest absolute Gasteiger partial charge is 0.335 e. The Labute approximate surface area is 256 Å². The number of carboxylic acid groups (broad SMARTS) is 1. The normalized spacial score (nSPS) is 15.9. The number of benzene rings is 3. The summed E-state index contributed by atoms with van der Waals surface area (Å²) in [5.74, 6) is -3.26. The van der Waals surface area contributed by atoms with Gasteiger partial charge in [-0.25, -0.2) is 32.3 Å². The zero-order chi connectivity index (χ0) is 32.0. The van der Waals surface area contributed by atoms with Gasteiger partial charge in [-0.2, -0.15) is 0 Å². The second kappa shape index (κ2) is 11.6. The zero-order valence-electron chi connectivity index (χ0n) is 24.7. The van der Waals surface area contributed by atoms with E-state index in [9.17, 15) is 18.7 Å². The van der Waals surface area contributed by atoms with Crippen LogP contribution in [0.15, 0.2) is 60.7 Å². The van der Waals surface area contributed by atoms with E-state index in [1.807, 2.05) is 18.4 Å². The number of hydrogen-bond donors (Lipinski definition) is 1. The van der Waals surface area contributed by atoms with Crippen molar-refractivity contribution in [2.24, 2.45) is 5.41 Å². The van der Waals surface area contributed by atoms with Crippen LogP contribution in [0.3, 0.4) is 0 Å². The highest BCUT2D eigenvalue weighted by molar-refractivity contribution is 5.92. The molecular formula is C34H29F4N3O4.